The monoisotopic (exact) mass is 464 g/mol. The molecule has 168 valence electrons. The average Bonchev–Trinajstić information content (AvgIpc) is 3.06. The zero-order valence-corrected chi connectivity index (χ0v) is 18.1. The van der Waals surface area contributed by atoms with Crippen molar-refractivity contribution in [2.45, 2.75) is 26.6 Å². The minimum atomic E-state index is -4.65. The molecule has 1 heterocycles. The molecule has 0 radical (unpaired) electrons. The summed E-state index contributed by atoms with van der Waals surface area (Å²) in [4.78, 5) is 25.1. The SMILES string of the molecule is CCOC(=O)c1cc(-c2ccccc2)n(CC(=O)Nc2ccc(Cl)c(C(F)(F)F)c2)c1C. The van der Waals surface area contributed by atoms with Gasteiger partial charge < -0.3 is 14.6 Å². The molecule has 0 fully saturated rings. The first-order valence-electron chi connectivity index (χ1n) is 9.71. The van der Waals surface area contributed by atoms with Crippen LogP contribution in [0.25, 0.3) is 11.3 Å². The maximum absolute atomic E-state index is 13.1. The van der Waals surface area contributed by atoms with Crippen LogP contribution in [-0.4, -0.2) is 23.1 Å². The highest BCUT2D eigenvalue weighted by Gasteiger charge is 2.33. The number of rotatable bonds is 6. The van der Waals surface area contributed by atoms with Crippen LogP contribution in [-0.2, 0) is 22.3 Å². The zero-order valence-electron chi connectivity index (χ0n) is 17.3. The van der Waals surface area contributed by atoms with Crippen molar-refractivity contribution in [2.24, 2.45) is 0 Å². The minimum Gasteiger partial charge on any atom is -0.462 e. The van der Waals surface area contributed by atoms with Crippen LogP contribution in [0.3, 0.4) is 0 Å². The second-order valence-corrected chi connectivity index (χ2v) is 7.35. The highest BCUT2D eigenvalue weighted by Crippen LogP contribution is 2.36. The molecule has 0 saturated carbocycles. The molecule has 0 unspecified atom stereocenters. The topological polar surface area (TPSA) is 60.3 Å². The van der Waals surface area contributed by atoms with E-state index in [1.165, 1.54) is 6.07 Å². The summed E-state index contributed by atoms with van der Waals surface area (Å²) in [5.74, 6) is -1.08. The molecule has 0 aliphatic carbocycles. The highest BCUT2D eigenvalue weighted by atomic mass is 35.5. The van der Waals surface area contributed by atoms with Crippen molar-refractivity contribution in [1.82, 2.24) is 4.57 Å². The van der Waals surface area contributed by atoms with Gasteiger partial charge in [0.15, 0.2) is 0 Å². The lowest BCUT2D eigenvalue weighted by Crippen LogP contribution is -2.21. The summed E-state index contributed by atoms with van der Waals surface area (Å²) < 4.78 is 46.0. The van der Waals surface area contributed by atoms with Crippen molar-refractivity contribution >= 4 is 29.2 Å². The van der Waals surface area contributed by atoms with Crippen molar-refractivity contribution in [3.63, 3.8) is 0 Å². The van der Waals surface area contributed by atoms with Crippen LogP contribution in [0.2, 0.25) is 5.02 Å². The van der Waals surface area contributed by atoms with Gasteiger partial charge in [-0.25, -0.2) is 4.79 Å². The number of halogens is 4. The number of benzene rings is 2. The maximum atomic E-state index is 13.1. The maximum Gasteiger partial charge on any atom is 0.417 e. The molecule has 0 atom stereocenters. The first-order valence-corrected chi connectivity index (χ1v) is 10.1. The van der Waals surface area contributed by atoms with E-state index in [1.54, 1.807) is 24.5 Å². The summed E-state index contributed by atoms with van der Waals surface area (Å²) in [6.07, 6.45) is -4.65. The number of ether oxygens (including phenoxy) is 1. The Morgan fingerprint density at radius 3 is 2.41 bits per heavy atom. The summed E-state index contributed by atoms with van der Waals surface area (Å²) in [6, 6.07) is 13.9. The van der Waals surface area contributed by atoms with Gasteiger partial charge in [-0.05, 0) is 43.7 Å². The van der Waals surface area contributed by atoms with E-state index in [0.717, 1.165) is 17.7 Å². The van der Waals surface area contributed by atoms with E-state index in [-0.39, 0.29) is 18.8 Å². The van der Waals surface area contributed by atoms with Crippen LogP contribution in [0, 0.1) is 6.92 Å². The van der Waals surface area contributed by atoms with E-state index in [0.29, 0.717) is 17.0 Å². The Morgan fingerprint density at radius 2 is 1.78 bits per heavy atom. The fourth-order valence-corrected chi connectivity index (χ4v) is 3.50. The largest absolute Gasteiger partial charge is 0.462 e. The van der Waals surface area contributed by atoms with Gasteiger partial charge in [0.25, 0.3) is 0 Å². The van der Waals surface area contributed by atoms with E-state index in [1.807, 2.05) is 30.3 Å². The number of esters is 1. The summed E-state index contributed by atoms with van der Waals surface area (Å²) in [6.45, 7) is 3.34. The van der Waals surface area contributed by atoms with E-state index >= 15 is 0 Å². The Kier molecular flexibility index (Phi) is 6.93. The summed E-state index contributed by atoms with van der Waals surface area (Å²) in [5, 5.41) is 2.01. The van der Waals surface area contributed by atoms with Crippen molar-refractivity contribution in [3.8, 4) is 11.3 Å². The first-order chi connectivity index (χ1) is 15.1. The average molecular weight is 465 g/mol. The Bertz CT molecular complexity index is 1140. The van der Waals surface area contributed by atoms with Crippen LogP contribution in [0.5, 0.6) is 0 Å². The van der Waals surface area contributed by atoms with Crippen molar-refractivity contribution in [1.29, 1.82) is 0 Å². The minimum absolute atomic E-state index is 0.0385. The normalized spacial score (nSPS) is 11.3. The van der Waals surface area contributed by atoms with Gasteiger partial charge in [0.1, 0.15) is 6.54 Å². The van der Waals surface area contributed by atoms with Crippen LogP contribution < -0.4 is 5.32 Å². The number of anilines is 1. The van der Waals surface area contributed by atoms with Gasteiger partial charge in [-0.15, -0.1) is 0 Å². The van der Waals surface area contributed by atoms with E-state index in [9.17, 15) is 22.8 Å². The lowest BCUT2D eigenvalue weighted by Gasteiger charge is -2.14. The number of nitrogens with zero attached hydrogens (tertiary/aromatic N) is 1. The first kappa shape index (κ1) is 23.4. The number of hydrogen-bond acceptors (Lipinski definition) is 3. The van der Waals surface area contributed by atoms with E-state index in [2.05, 4.69) is 5.32 Å². The van der Waals surface area contributed by atoms with Gasteiger partial charge >= 0.3 is 12.1 Å². The summed E-state index contributed by atoms with van der Waals surface area (Å²) in [7, 11) is 0. The molecule has 0 saturated heterocycles. The number of alkyl halides is 3. The van der Waals surface area contributed by atoms with Crippen LogP contribution in [0.1, 0.15) is 28.5 Å². The Morgan fingerprint density at radius 1 is 1.09 bits per heavy atom. The smallest absolute Gasteiger partial charge is 0.417 e. The van der Waals surface area contributed by atoms with Gasteiger partial charge in [0.2, 0.25) is 5.91 Å². The fourth-order valence-electron chi connectivity index (χ4n) is 3.28. The third kappa shape index (κ3) is 5.13. The standard InChI is InChI=1S/C23H20ClF3N2O3/c1-3-32-22(31)17-12-20(15-7-5-4-6-8-15)29(14(17)2)13-21(30)28-16-9-10-19(24)18(11-16)23(25,26)27/h4-12H,3,13H2,1-2H3,(H,28,30). The van der Waals surface area contributed by atoms with Crippen molar-refractivity contribution in [2.75, 3.05) is 11.9 Å². The third-order valence-electron chi connectivity index (χ3n) is 4.79. The predicted molar refractivity (Wildman–Crippen MR) is 116 cm³/mol. The molecule has 1 amide bonds. The molecule has 1 N–H and O–H groups in total. The molecule has 1 aromatic heterocycles. The quantitative estimate of drug-likeness (QED) is 0.458. The molecule has 5 nitrogen and oxygen atoms in total. The number of aromatic nitrogens is 1. The number of nitrogens with one attached hydrogen (secondary N) is 1. The van der Waals surface area contributed by atoms with Gasteiger partial charge in [-0.2, -0.15) is 13.2 Å². The molecule has 3 aromatic rings. The molecule has 0 aliphatic rings. The molecule has 9 heteroatoms. The lowest BCUT2D eigenvalue weighted by molar-refractivity contribution is -0.137. The van der Waals surface area contributed by atoms with E-state index in [4.69, 9.17) is 16.3 Å². The number of carbonyl (C=O) groups excluding carboxylic acids is 2. The zero-order chi connectivity index (χ0) is 23.5. The predicted octanol–water partition coefficient (Wildman–Crippen LogP) is 5.95. The van der Waals surface area contributed by atoms with Crippen LogP contribution in [0.4, 0.5) is 18.9 Å². The summed E-state index contributed by atoms with van der Waals surface area (Å²) in [5.41, 5.74) is 1.11. The van der Waals surface area contributed by atoms with Gasteiger partial charge in [-0.1, -0.05) is 41.9 Å². The number of carbonyl (C=O) groups is 2. The molecule has 2 aromatic carbocycles. The second-order valence-electron chi connectivity index (χ2n) is 6.94. The number of hydrogen-bond donors (Lipinski definition) is 1. The van der Waals surface area contributed by atoms with Gasteiger partial charge in [-0.3, -0.25) is 4.79 Å². The molecular weight excluding hydrogens is 445 g/mol. The molecule has 0 aliphatic heterocycles. The molecule has 32 heavy (non-hydrogen) atoms. The third-order valence-corrected chi connectivity index (χ3v) is 5.12. The molecule has 0 bridgehead atoms. The van der Waals surface area contributed by atoms with Gasteiger partial charge in [0, 0.05) is 17.1 Å². The van der Waals surface area contributed by atoms with Gasteiger partial charge in [0.05, 0.1) is 22.8 Å². The van der Waals surface area contributed by atoms with Crippen molar-refractivity contribution in [3.05, 3.63) is 76.4 Å². The van der Waals surface area contributed by atoms with E-state index < -0.39 is 28.6 Å². The fraction of sp³-hybridized carbons (Fsp3) is 0.217. The van der Waals surface area contributed by atoms with Crippen LogP contribution >= 0.6 is 11.6 Å². The summed E-state index contributed by atoms with van der Waals surface area (Å²) >= 11 is 5.63. The lowest BCUT2D eigenvalue weighted by atomic mass is 10.1. The van der Waals surface area contributed by atoms with Crippen molar-refractivity contribution < 1.29 is 27.5 Å². The second kappa shape index (κ2) is 9.48. The highest BCUT2D eigenvalue weighted by molar-refractivity contribution is 6.31. The Hall–Kier alpha value is -3.26. The van der Waals surface area contributed by atoms with Crippen LogP contribution in [0.15, 0.2) is 54.6 Å². The molecule has 3 rings (SSSR count). The Balaban J connectivity index is 1.92. The Labute approximate surface area is 187 Å². The molecular formula is C23H20ClF3N2O3. The molecule has 0 spiro atoms. The number of amides is 1.